The van der Waals surface area contributed by atoms with Crippen molar-refractivity contribution in [3.63, 3.8) is 0 Å². The molecule has 1 fully saturated rings. The van der Waals surface area contributed by atoms with E-state index in [4.69, 9.17) is 9.47 Å². The Morgan fingerprint density at radius 1 is 1.38 bits per heavy atom. The average Bonchev–Trinajstić information content (AvgIpc) is 2.70. The lowest BCUT2D eigenvalue weighted by molar-refractivity contribution is -0.0695. The highest BCUT2D eigenvalue weighted by Gasteiger charge is 2.36. The van der Waals surface area contributed by atoms with Gasteiger partial charge in [-0.1, -0.05) is 0 Å². The molecule has 0 bridgehead atoms. The van der Waals surface area contributed by atoms with Crippen LogP contribution in [0.2, 0.25) is 0 Å². The molecule has 90 valence electrons. The summed E-state index contributed by atoms with van der Waals surface area (Å²) >= 11 is 1.69. The molecule has 4 heteroatoms. The summed E-state index contributed by atoms with van der Waals surface area (Å²) in [6.45, 7) is 1.85. The molecule has 1 heterocycles. The molecule has 2 rings (SSSR count). The smallest absolute Gasteiger partial charge is 0.173 e. The summed E-state index contributed by atoms with van der Waals surface area (Å²) < 4.78 is 10.7. The van der Waals surface area contributed by atoms with Crippen LogP contribution < -0.4 is 10.1 Å². The van der Waals surface area contributed by atoms with E-state index in [0.29, 0.717) is 0 Å². The van der Waals surface area contributed by atoms with Gasteiger partial charge in [-0.25, -0.2) is 0 Å². The zero-order valence-electron chi connectivity index (χ0n) is 9.91. The van der Waals surface area contributed by atoms with Crippen molar-refractivity contribution in [2.75, 3.05) is 20.8 Å². The lowest BCUT2D eigenvalue weighted by Gasteiger charge is -2.40. The normalized spacial score (nSPS) is 18.1. The van der Waals surface area contributed by atoms with Gasteiger partial charge in [-0.15, -0.1) is 11.3 Å². The number of thiophene rings is 1. The lowest BCUT2D eigenvalue weighted by Crippen LogP contribution is -2.47. The van der Waals surface area contributed by atoms with Gasteiger partial charge < -0.3 is 14.8 Å². The minimum Gasteiger partial charge on any atom is -0.487 e. The van der Waals surface area contributed by atoms with Crippen molar-refractivity contribution in [3.05, 3.63) is 17.0 Å². The van der Waals surface area contributed by atoms with Gasteiger partial charge in [0, 0.05) is 25.1 Å². The summed E-state index contributed by atoms with van der Waals surface area (Å²) in [6.07, 6.45) is 3.66. The second-order valence-corrected chi connectivity index (χ2v) is 5.40. The maximum Gasteiger partial charge on any atom is 0.173 e. The van der Waals surface area contributed by atoms with Gasteiger partial charge in [0.2, 0.25) is 0 Å². The number of hydrogen-bond donors (Lipinski definition) is 1. The molecule has 1 aromatic heterocycles. The third-order valence-electron chi connectivity index (χ3n) is 3.28. The largest absolute Gasteiger partial charge is 0.487 e. The Labute approximate surface area is 101 Å². The van der Waals surface area contributed by atoms with E-state index in [0.717, 1.165) is 18.2 Å². The van der Waals surface area contributed by atoms with Gasteiger partial charge in [-0.2, -0.15) is 0 Å². The van der Waals surface area contributed by atoms with Crippen molar-refractivity contribution in [1.29, 1.82) is 0 Å². The zero-order chi connectivity index (χ0) is 11.4. The SMILES string of the molecule is COc1ccc(CNCC2(OC)CCC2)s1. The highest BCUT2D eigenvalue weighted by Crippen LogP contribution is 2.34. The number of ether oxygens (including phenoxy) is 2. The highest BCUT2D eigenvalue weighted by molar-refractivity contribution is 7.13. The third-order valence-corrected chi connectivity index (χ3v) is 4.33. The first kappa shape index (κ1) is 11.9. The molecule has 0 saturated heterocycles. The third kappa shape index (κ3) is 2.56. The molecule has 0 aromatic carbocycles. The second kappa shape index (κ2) is 5.17. The van der Waals surface area contributed by atoms with Crippen LogP contribution in [0.4, 0.5) is 0 Å². The van der Waals surface area contributed by atoms with Gasteiger partial charge in [0.05, 0.1) is 12.7 Å². The number of rotatable bonds is 6. The summed E-state index contributed by atoms with van der Waals surface area (Å²) in [7, 11) is 3.52. The summed E-state index contributed by atoms with van der Waals surface area (Å²) in [5.74, 6) is 0. The van der Waals surface area contributed by atoms with E-state index < -0.39 is 0 Å². The van der Waals surface area contributed by atoms with Crippen LogP contribution in [-0.2, 0) is 11.3 Å². The molecular formula is C12H19NO2S. The van der Waals surface area contributed by atoms with Crippen molar-refractivity contribution >= 4 is 11.3 Å². The Balaban J connectivity index is 1.75. The maximum atomic E-state index is 5.55. The minimum atomic E-state index is 0.112. The van der Waals surface area contributed by atoms with E-state index in [-0.39, 0.29) is 5.60 Å². The minimum absolute atomic E-state index is 0.112. The molecule has 3 nitrogen and oxygen atoms in total. The maximum absolute atomic E-state index is 5.55. The van der Waals surface area contributed by atoms with Crippen LogP contribution in [0.1, 0.15) is 24.1 Å². The Kier molecular flexibility index (Phi) is 3.84. The molecular weight excluding hydrogens is 222 g/mol. The van der Waals surface area contributed by atoms with E-state index in [9.17, 15) is 0 Å². The predicted octanol–water partition coefficient (Wildman–Crippen LogP) is 2.42. The van der Waals surface area contributed by atoms with E-state index in [2.05, 4.69) is 11.4 Å². The molecule has 1 aliphatic carbocycles. The van der Waals surface area contributed by atoms with Crippen LogP contribution in [0.3, 0.4) is 0 Å². The number of methoxy groups -OCH3 is 2. The molecule has 0 atom stereocenters. The van der Waals surface area contributed by atoms with Crippen molar-refractivity contribution in [1.82, 2.24) is 5.32 Å². The first-order valence-electron chi connectivity index (χ1n) is 5.66. The van der Waals surface area contributed by atoms with Crippen molar-refractivity contribution in [3.8, 4) is 5.06 Å². The van der Waals surface area contributed by atoms with Crippen LogP contribution in [0.25, 0.3) is 0 Å². The molecule has 0 aliphatic heterocycles. The Hall–Kier alpha value is -0.580. The molecule has 0 spiro atoms. The van der Waals surface area contributed by atoms with Gasteiger partial charge in [0.15, 0.2) is 5.06 Å². The van der Waals surface area contributed by atoms with E-state index in [1.54, 1.807) is 18.4 Å². The quantitative estimate of drug-likeness (QED) is 0.829. The van der Waals surface area contributed by atoms with Crippen molar-refractivity contribution < 1.29 is 9.47 Å². The molecule has 0 unspecified atom stereocenters. The Bertz CT molecular complexity index is 328. The van der Waals surface area contributed by atoms with Crippen LogP contribution in [0.5, 0.6) is 5.06 Å². The number of nitrogens with one attached hydrogen (secondary N) is 1. The van der Waals surface area contributed by atoms with Crippen LogP contribution in [0, 0.1) is 0 Å². The van der Waals surface area contributed by atoms with Crippen molar-refractivity contribution in [2.45, 2.75) is 31.4 Å². The summed E-state index contributed by atoms with van der Waals surface area (Å²) in [5, 5.41) is 4.44. The fourth-order valence-electron chi connectivity index (χ4n) is 2.00. The van der Waals surface area contributed by atoms with Gasteiger partial charge in [0.1, 0.15) is 0 Å². The van der Waals surface area contributed by atoms with Gasteiger partial charge >= 0.3 is 0 Å². The van der Waals surface area contributed by atoms with Gasteiger partial charge in [-0.05, 0) is 31.4 Å². The van der Waals surface area contributed by atoms with Crippen LogP contribution in [-0.4, -0.2) is 26.4 Å². The number of hydrogen-bond acceptors (Lipinski definition) is 4. The van der Waals surface area contributed by atoms with E-state index in [1.165, 1.54) is 24.1 Å². The molecule has 0 amide bonds. The van der Waals surface area contributed by atoms with Crippen LogP contribution in [0.15, 0.2) is 12.1 Å². The fourth-order valence-corrected chi connectivity index (χ4v) is 2.79. The van der Waals surface area contributed by atoms with Gasteiger partial charge in [-0.3, -0.25) is 0 Å². The molecule has 0 radical (unpaired) electrons. The summed E-state index contributed by atoms with van der Waals surface area (Å²) in [4.78, 5) is 1.31. The molecule has 1 saturated carbocycles. The van der Waals surface area contributed by atoms with E-state index in [1.807, 2.05) is 13.2 Å². The molecule has 1 aliphatic rings. The Morgan fingerprint density at radius 2 is 2.19 bits per heavy atom. The predicted molar refractivity (Wildman–Crippen MR) is 66.2 cm³/mol. The topological polar surface area (TPSA) is 30.5 Å². The first-order chi connectivity index (χ1) is 7.78. The van der Waals surface area contributed by atoms with Crippen LogP contribution >= 0.6 is 11.3 Å². The van der Waals surface area contributed by atoms with Crippen molar-refractivity contribution in [2.24, 2.45) is 0 Å². The fraction of sp³-hybridized carbons (Fsp3) is 0.667. The first-order valence-corrected chi connectivity index (χ1v) is 6.48. The highest BCUT2D eigenvalue weighted by atomic mass is 32.1. The molecule has 1 aromatic rings. The van der Waals surface area contributed by atoms with E-state index >= 15 is 0 Å². The lowest BCUT2D eigenvalue weighted by atomic mass is 9.80. The zero-order valence-corrected chi connectivity index (χ0v) is 10.7. The monoisotopic (exact) mass is 241 g/mol. The Morgan fingerprint density at radius 3 is 2.69 bits per heavy atom. The summed E-state index contributed by atoms with van der Waals surface area (Å²) in [5.41, 5.74) is 0.112. The summed E-state index contributed by atoms with van der Waals surface area (Å²) in [6, 6.07) is 4.12. The molecule has 1 N–H and O–H groups in total. The molecule has 16 heavy (non-hydrogen) atoms. The second-order valence-electron chi connectivity index (χ2n) is 4.27. The van der Waals surface area contributed by atoms with Gasteiger partial charge in [0.25, 0.3) is 0 Å². The standard InChI is InChI=1S/C12H19NO2S/c1-14-11-5-4-10(16-11)8-13-9-12(15-2)6-3-7-12/h4-5,13H,3,6-9H2,1-2H3. The average molecular weight is 241 g/mol.